The van der Waals surface area contributed by atoms with E-state index in [2.05, 4.69) is 20.8 Å². The Labute approximate surface area is 158 Å². The molecule has 0 aliphatic heterocycles. The maximum Gasteiger partial charge on any atom is 0.320 e. The Balaban J connectivity index is 1.79. The molecule has 28 heavy (non-hydrogen) atoms. The molecule has 0 aromatic carbocycles. The summed E-state index contributed by atoms with van der Waals surface area (Å²) < 4.78 is 7.77. The van der Waals surface area contributed by atoms with Crippen LogP contribution in [0.4, 0.5) is 11.4 Å². The summed E-state index contributed by atoms with van der Waals surface area (Å²) in [6.07, 6.45) is 4.08. The van der Waals surface area contributed by atoms with Crippen LogP contribution < -0.4 is 10.6 Å². The third-order valence-electron chi connectivity index (χ3n) is 3.77. The second-order valence-electron chi connectivity index (χ2n) is 5.76. The van der Waals surface area contributed by atoms with Crippen molar-refractivity contribution in [2.24, 2.45) is 7.05 Å². The topological polar surface area (TPSA) is 150 Å². The zero-order valence-corrected chi connectivity index (χ0v) is 15.1. The van der Waals surface area contributed by atoms with Gasteiger partial charge in [-0.05, 0) is 19.1 Å². The number of anilines is 1. The van der Waals surface area contributed by atoms with Gasteiger partial charge in [-0.3, -0.25) is 29.1 Å². The zero-order valence-electron chi connectivity index (χ0n) is 15.1. The van der Waals surface area contributed by atoms with Gasteiger partial charge >= 0.3 is 5.69 Å². The van der Waals surface area contributed by atoms with Crippen LogP contribution in [0.2, 0.25) is 0 Å². The Bertz CT molecular complexity index is 1020. The number of aryl methyl sites for hydroxylation is 2. The highest BCUT2D eigenvalue weighted by atomic mass is 16.6. The van der Waals surface area contributed by atoms with Crippen LogP contribution in [-0.4, -0.2) is 36.3 Å². The SMILES string of the molecule is CCn1cc([N+](=O)[O-])c(C(=O)Nc2cn(C)nc2C(=O)NCc2ccco2)n1. The lowest BCUT2D eigenvalue weighted by Crippen LogP contribution is -2.25. The van der Waals surface area contributed by atoms with E-state index in [-0.39, 0.29) is 23.6 Å². The molecule has 146 valence electrons. The van der Waals surface area contributed by atoms with E-state index in [1.165, 1.54) is 28.0 Å². The van der Waals surface area contributed by atoms with Gasteiger partial charge < -0.3 is 15.1 Å². The normalized spacial score (nSPS) is 10.6. The van der Waals surface area contributed by atoms with Crippen molar-refractivity contribution in [2.75, 3.05) is 5.32 Å². The third-order valence-corrected chi connectivity index (χ3v) is 3.77. The lowest BCUT2D eigenvalue weighted by Gasteiger charge is -2.04. The van der Waals surface area contributed by atoms with E-state index in [0.717, 1.165) is 0 Å². The molecule has 3 aromatic rings. The molecule has 0 saturated heterocycles. The minimum Gasteiger partial charge on any atom is -0.467 e. The number of hydrogen-bond donors (Lipinski definition) is 2. The van der Waals surface area contributed by atoms with Crippen molar-refractivity contribution in [2.45, 2.75) is 20.0 Å². The smallest absolute Gasteiger partial charge is 0.320 e. The number of rotatable bonds is 7. The van der Waals surface area contributed by atoms with Crippen molar-refractivity contribution in [1.82, 2.24) is 24.9 Å². The predicted octanol–water partition coefficient (Wildman–Crippen LogP) is 1.32. The summed E-state index contributed by atoms with van der Waals surface area (Å²) >= 11 is 0. The molecule has 2 N–H and O–H groups in total. The number of carbonyl (C=O) groups is 2. The maximum atomic E-state index is 12.5. The van der Waals surface area contributed by atoms with E-state index in [4.69, 9.17) is 4.42 Å². The zero-order chi connectivity index (χ0) is 20.3. The van der Waals surface area contributed by atoms with Crippen LogP contribution in [0, 0.1) is 10.1 Å². The molecule has 0 radical (unpaired) electrons. The summed E-state index contributed by atoms with van der Waals surface area (Å²) in [5.41, 5.74) is -0.713. The molecule has 2 amide bonds. The van der Waals surface area contributed by atoms with E-state index in [1.807, 2.05) is 0 Å². The molecule has 0 aliphatic rings. The highest BCUT2D eigenvalue weighted by molar-refractivity contribution is 6.09. The van der Waals surface area contributed by atoms with Crippen LogP contribution in [0.5, 0.6) is 0 Å². The van der Waals surface area contributed by atoms with Gasteiger partial charge in [0, 0.05) is 19.8 Å². The second-order valence-corrected chi connectivity index (χ2v) is 5.76. The minimum absolute atomic E-state index is 0.0417. The molecular weight excluding hydrogens is 370 g/mol. The summed E-state index contributed by atoms with van der Waals surface area (Å²) in [4.78, 5) is 35.4. The summed E-state index contributed by atoms with van der Waals surface area (Å²) in [6, 6.07) is 3.39. The first-order valence-corrected chi connectivity index (χ1v) is 8.26. The Kier molecular flexibility index (Phi) is 5.20. The van der Waals surface area contributed by atoms with Crippen LogP contribution in [0.1, 0.15) is 33.7 Å². The number of nitrogens with one attached hydrogen (secondary N) is 2. The highest BCUT2D eigenvalue weighted by Gasteiger charge is 2.27. The van der Waals surface area contributed by atoms with Crippen LogP contribution >= 0.6 is 0 Å². The van der Waals surface area contributed by atoms with Crippen molar-refractivity contribution in [3.05, 3.63) is 58.1 Å². The van der Waals surface area contributed by atoms with Crippen molar-refractivity contribution >= 4 is 23.2 Å². The van der Waals surface area contributed by atoms with Crippen molar-refractivity contribution in [3.8, 4) is 0 Å². The Morgan fingerprint density at radius 2 is 2.04 bits per heavy atom. The largest absolute Gasteiger partial charge is 0.467 e. The fraction of sp³-hybridized carbons (Fsp3) is 0.250. The lowest BCUT2D eigenvalue weighted by atomic mass is 10.3. The van der Waals surface area contributed by atoms with Gasteiger partial charge in [0.15, 0.2) is 5.69 Å². The number of nitrogens with zero attached hydrogens (tertiary/aromatic N) is 5. The van der Waals surface area contributed by atoms with Gasteiger partial charge in [0.1, 0.15) is 12.0 Å². The fourth-order valence-electron chi connectivity index (χ4n) is 2.46. The molecular formula is C16H17N7O5. The number of amides is 2. The fourth-order valence-corrected chi connectivity index (χ4v) is 2.46. The molecule has 0 saturated carbocycles. The van der Waals surface area contributed by atoms with Crippen LogP contribution in [0.25, 0.3) is 0 Å². The Morgan fingerprint density at radius 1 is 1.25 bits per heavy atom. The molecule has 3 rings (SSSR count). The number of nitro groups is 1. The van der Waals surface area contributed by atoms with Gasteiger partial charge in [-0.1, -0.05) is 0 Å². The van der Waals surface area contributed by atoms with Gasteiger partial charge in [-0.25, -0.2) is 0 Å². The quantitative estimate of drug-likeness (QED) is 0.458. The molecule has 3 aromatic heterocycles. The summed E-state index contributed by atoms with van der Waals surface area (Å²) in [5.74, 6) is -0.802. The van der Waals surface area contributed by atoms with Gasteiger partial charge in [0.05, 0.1) is 23.4 Å². The molecule has 0 aliphatic carbocycles. The predicted molar refractivity (Wildman–Crippen MR) is 95.6 cm³/mol. The summed E-state index contributed by atoms with van der Waals surface area (Å²) in [5, 5.41) is 24.2. The third kappa shape index (κ3) is 3.90. The van der Waals surface area contributed by atoms with Crippen molar-refractivity contribution in [1.29, 1.82) is 0 Å². The molecule has 12 nitrogen and oxygen atoms in total. The number of carbonyl (C=O) groups excluding carboxylic acids is 2. The van der Waals surface area contributed by atoms with E-state index in [1.54, 1.807) is 26.1 Å². The van der Waals surface area contributed by atoms with E-state index in [0.29, 0.717) is 12.3 Å². The highest BCUT2D eigenvalue weighted by Crippen LogP contribution is 2.20. The average Bonchev–Trinajstić information content (AvgIpc) is 3.39. The number of hydrogen-bond acceptors (Lipinski definition) is 7. The Morgan fingerprint density at radius 3 is 2.68 bits per heavy atom. The van der Waals surface area contributed by atoms with Gasteiger partial charge in [0.2, 0.25) is 5.69 Å². The average molecular weight is 387 g/mol. The Hall–Kier alpha value is -3.96. The van der Waals surface area contributed by atoms with Crippen molar-refractivity contribution in [3.63, 3.8) is 0 Å². The summed E-state index contributed by atoms with van der Waals surface area (Å²) in [7, 11) is 1.58. The number of aromatic nitrogens is 4. The van der Waals surface area contributed by atoms with Crippen molar-refractivity contribution < 1.29 is 18.9 Å². The second kappa shape index (κ2) is 7.73. The van der Waals surface area contributed by atoms with Crippen LogP contribution in [0.3, 0.4) is 0 Å². The molecule has 0 bridgehead atoms. The van der Waals surface area contributed by atoms with Gasteiger partial charge in [-0.2, -0.15) is 10.2 Å². The first-order valence-electron chi connectivity index (χ1n) is 8.26. The monoisotopic (exact) mass is 387 g/mol. The standard InChI is InChI=1S/C16H17N7O5/c1-3-22-9-12(23(26)27)14(20-22)16(25)18-11-8-21(2)19-13(11)15(24)17-7-10-5-4-6-28-10/h4-6,8-9H,3,7H2,1-2H3,(H,17,24)(H,18,25). The summed E-state index contributed by atoms with van der Waals surface area (Å²) in [6.45, 7) is 2.24. The van der Waals surface area contributed by atoms with Crippen LogP contribution in [0.15, 0.2) is 35.2 Å². The molecule has 3 heterocycles. The molecule has 0 spiro atoms. The van der Waals surface area contributed by atoms with Gasteiger partial charge in [-0.15, -0.1) is 0 Å². The van der Waals surface area contributed by atoms with Crippen LogP contribution in [-0.2, 0) is 20.1 Å². The first-order chi connectivity index (χ1) is 13.4. The van der Waals surface area contributed by atoms with E-state index < -0.39 is 22.4 Å². The lowest BCUT2D eigenvalue weighted by molar-refractivity contribution is -0.385. The minimum atomic E-state index is -0.813. The molecule has 0 unspecified atom stereocenters. The first kappa shape index (κ1) is 18.8. The van der Waals surface area contributed by atoms with Gasteiger partial charge in [0.25, 0.3) is 11.8 Å². The molecule has 0 fully saturated rings. The van der Waals surface area contributed by atoms with E-state index in [9.17, 15) is 19.7 Å². The van der Waals surface area contributed by atoms with E-state index >= 15 is 0 Å². The molecule has 12 heteroatoms. The molecule has 0 atom stereocenters. The maximum absolute atomic E-state index is 12.5. The number of furan rings is 1.